The quantitative estimate of drug-likeness (QED) is 0.145. The lowest BCUT2D eigenvalue weighted by Gasteiger charge is -2.14. The first kappa shape index (κ1) is 21.1. The first-order valence-corrected chi connectivity index (χ1v) is 11.8. The molecule has 0 saturated heterocycles. The summed E-state index contributed by atoms with van der Waals surface area (Å²) in [5, 5.41) is 17.3. The van der Waals surface area contributed by atoms with Gasteiger partial charge in [0.05, 0.1) is 24.9 Å². The number of benzene rings is 6. The standard InChI is InChI=1S/C33H23NO/c34-20-30(25-5-2-1-3-6-25)19-23-9-11-24(12-10-23)21-35-22-29-16-15-28-14-13-26-7-4-8-27-17-18-31(29)33(28)32(26)27/h1-19H,21-22H2/b30-19-. The summed E-state index contributed by atoms with van der Waals surface area (Å²) in [6.45, 7) is 1.10. The normalized spacial score (nSPS) is 11.9. The van der Waals surface area contributed by atoms with E-state index in [0.29, 0.717) is 18.8 Å². The minimum atomic E-state index is 0.537. The van der Waals surface area contributed by atoms with Gasteiger partial charge in [-0.05, 0) is 60.6 Å². The predicted octanol–water partition coefficient (Wildman–Crippen LogP) is 8.36. The number of nitriles is 1. The van der Waals surface area contributed by atoms with E-state index in [4.69, 9.17) is 4.74 Å². The third kappa shape index (κ3) is 4.04. The molecule has 6 aromatic carbocycles. The molecule has 0 heterocycles. The maximum atomic E-state index is 9.55. The Balaban J connectivity index is 1.20. The Morgan fingerprint density at radius 1 is 0.657 bits per heavy atom. The van der Waals surface area contributed by atoms with Crippen molar-refractivity contribution in [3.05, 3.63) is 131 Å². The van der Waals surface area contributed by atoms with Crippen LogP contribution in [0.5, 0.6) is 0 Å². The Morgan fingerprint density at radius 2 is 1.34 bits per heavy atom. The van der Waals surface area contributed by atoms with Crippen LogP contribution in [0.4, 0.5) is 0 Å². The Morgan fingerprint density at radius 3 is 2.09 bits per heavy atom. The second kappa shape index (κ2) is 9.06. The van der Waals surface area contributed by atoms with Crippen molar-refractivity contribution in [2.75, 3.05) is 0 Å². The van der Waals surface area contributed by atoms with Gasteiger partial charge in [-0.25, -0.2) is 0 Å². The van der Waals surface area contributed by atoms with Crippen LogP contribution in [0.2, 0.25) is 0 Å². The Kier molecular flexibility index (Phi) is 5.47. The lowest BCUT2D eigenvalue weighted by molar-refractivity contribution is 0.108. The van der Waals surface area contributed by atoms with E-state index < -0.39 is 0 Å². The smallest absolute Gasteiger partial charge is 0.0998 e. The fraction of sp³-hybridized carbons (Fsp3) is 0.0606. The zero-order chi connectivity index (χ0) is 23.6. The monoisotopic (exact) mass is 449 g/mol. The fourth-order valence-electron chi connectivity index (χ4n) is 4.88. The molecule has 0 spiro atoms. The van der Waals surface area contributed by atoms with E-state index >= 15 is 0 Å². The van der Waals surface area contributed by atoms with E-state index in [1.54, 1.807) is 0 Å². The summed E-state index contributed by atoms with van der Waals surface area (Å²) >= 11 is 0. The third-order valence-corrected chi connectivity index (χ3v) is 6.64. The van der Waals surface area contributed by atoms with Gasteiger partial charge < -0.3 is 4.74 Å². The molecule has 0 aliphatic carbocycles. The van der Waals surface area contributed by atoms with Crippen LogP contribution in [0.15, 0.2) is 109 Å². The number of ether oxygens (including phenoxy) is 1. The molecule has 0 aliphatic rings. The van der Waals surface area contributed by atoms with Gasteiger partial charge in [-0.3, -0.25) is 0 Å². The van der Waals surface area contributed by atoms with Gasteiger partial charge in [0.1, 0.15) is 0 Å². The minimum absolute atomic E-state index is 0.537. The Labute approximate surface area is 204 Å². The molecule has 0 N–H and O–H groups in total. The number of rotatable bonds is 6. The van der Waals surface area contributed by atoms with Crippen molar-refractivity contribution in [2.45, 2.75) is 13.2 Å². The van der Waals surface area contributed by atoms with Gasteiger partial charge in [-0.15, -0.1) is 0 Å². The maximum Gasteiger partial charge on any atom is 0.0998 e. The molecule has 0 aliphatic heterocycles. The summed E-state index contributed by atoms with van der Waals surface area (Å²) in [6, 6.07) is 40.0. The lowest BCUT2D eigenvalue weighted by Crippen LogP contribution is -1.96. The summed E-state index contributed by atoms with van der Waals surface area (Å²) < 4.78 is 6.14. The minimum Gasteiger partial charge on any atom is -0.372 e. The zero-order valence-electron chi connectivity index (χ0n) is 19.2. The van der Waals surface area contributed by atoms with Gasteiger partial charge in [0, 0.05) is 0 Å². The highest BCUT2D eigenvalue weighted by Gasteiger charge is 2.10. The molecule has 6 rings (SSSR count). The van der Waals surface area contributed by atoms with Gasteiger partial charge in [-0.1, -0.05) is 109 Å². The number of nitrogens with zero attached hydrogens (tertiary/aromatic N) is 1. The van der Waals surface area contributed by atoms with E-state index in [0.717, 1.165) is 16.7 Å². The second-order valence-electron chi connectivity index (χ2n) is 8.85. The molecule has 0 bridgehead atoms. The van der Waals surface area contributed by atoms with Crippen molar-refractivity contribution in [1.82, 2.24) is 0 Å². The summed E-state index contributed by atoms with van der Waals surface area (Å²) in [5.74, 6) is 0. The molecular formula is C33H23NO. The van der Waals surface area contributed by atoms with E-state index in [1.165, 1.54) is 37.9 Å². The van der Waals surface area contributed by atoms with Crippen LogP contribution in [0.25, 0.3) is 44.0 Å². The molecule has 0 aromatic heterocycles. The van der Waals surface area contributed by atoms with Crippen LogP contribution < -0.4 is 0 Å². The van der Waals surface area contributed by atoms with Crippen molar-refractivity contribution in [1.29, 1.82) is 5.26 Å². The van der Waals surface area contributed by atoms with Crippen LogP contribution >= 0.6 is 0 Å². The van der Waals surface area contributed by atoms with E-state index in [9.17, 15) is 5.26 Å². The molecule has 0 radical (unpaired) electrons. The molecule has 35 heavy (non-hydrogen) atoms. The van der Waals surface area contributed by atoms with Gasteiger partial charge in [0.15, 0.2) is 0 Å². The molecule has 0 saturated carbocycles. The zero-order valence-corrected chi connectivity index (χ0v) is 19.2. The third-order valence-electron chi connectivity index (χ3n) is 6.64. The van der Waals surface area contributed by atoms with Crippen molar-refractivity contribution < 1.29 is 4.74 Å². The van der Waals surface area contributed by atoms with E-state index in [2.05, 4.69) is 72.8 Å². The van der Waals surface area contributed by atoms with Crippen LogP contribution in [0, 0.1) is 11.3 Å². The molecule has 2 nitrogen and oxygen atoms in total. The van der Waals surface area contributed by atoms with Crippen LogP contribution in [-0.2, 0) is 18.0 Å². The molecule has 0 amide bonds. The molecule has 0 fully saturated rings. The average Bonchev–Trinajstić information content (AvgIpc) is 2.92. The first-order valence-electron chi connectivity index (χ1n) is 11.8. The number of hydrogen-bond donors (Lipinski definition) is 0. The molecule has 0 atom stereocenters. The van der Waals surface area contributed by atoms with Gasteiger partial charge in [0.25, 0.3) is 0 Å². The summed E-state index contributed by atoms with van der Waals surface area (Å²) in [4.78, 5) is 0. The summed E-state index contributed by atoms with van der Waals surface area (Å²) in [6.07, 6.45) is 1.92. The lowest BCUT2D eigenvalue weighted by atomic mass is 9.92. The molecule has 0 unspecified atom stereocenters. The maximum absolute atomic E-state index is 9.55. The highest BCUT2D eigenvalue weighted by Crippen LogP contribution is 2.36. The van der Waals surface area contributed by atoms with E-state index in [1.807, 2.05) is 48.5 Å². The van der Waals surface area contributed by atoms with Crippen molar-refractivity contribution >= 4 is 44.0 Å². The predicted molar refractivity (Wildman–Crippen MR) is 145 cm³/mol. The van der Waals surface area contributed by atoms with Gasteiger partial charge in [-0.2, -0.15) is 5.26 Å². The van der Waals surface area contributed by atoms with Crippen LogP contribution in [-0.4, -0.2) is 0 Å². The molecule has 6 aromatic rings. The largest absolute Gasteiger partial charge is 0.372 e. The SMILES string of the molecule is N#C/C(=C/c1ccc(COCc2ccc3ccc4cccc5ccc2c3c45)cc1)c1ccccc1. The van der Waals surface area contributed by atoms with Crippen molar-refractivity contribution in [3.63, 3.8) is 0 Å². The molecule has 2 heteroatoms. The highest BCUT2D eigenvalue weighted by atomic mass is 16.5. The number of allylic oxidation sites excluding steroid dienone is 1. The average molecular weight is 450 g/mol. The second-order valence-corrected chi connectivity index (χ2v) is 8.85. The van der Waals surface area contributed by atoms with Crippen LogP contribution in [0.1, 0.15) is 22.3 Å². The van der Waals surface area contributed by atoms with Crippen LogP contribution in [0.3, 0.4) is 0 Å². The first-order chi connectivity index (χ1) is 17.3. The van der Waals surface area contributed by atoms with Gasteiger partial charge in [0.2, 0.25) is 0 Å². The summed E-state index contributed by atoms with van der Waals surface area (Å²) in [7, 11) is 0. The fourth-order valence-corrected chi connectivity index (χ4v) is 4.88. The van der Waals surface area contributed by atoms with Crippen molar-refractivity contribution in [3.8, 4) is 6.07 Å². The van der Waals surface area contributed by atoms with Gasteiger partial charge >= 0.3 is 0 Å². The summed E-state index contributed by atoms with van der Waals surface area (Å²) in [5.41, 5.74) is 4.90. The highest BCUT2D eigenvalue weighted by molar-refractivity contribution is 6.23. The topological polar surface area (TPSA) is 33.0 Å². The van der Waals surface area contributed by atoms with E-state index in [-0.39, 0.29) is 0 Å². The molecule has 166 valence electrons. The van der Waals surface area contributed by atoms with Crippen molar-refractivity contribution in [2.24, 2.45) is 0 Å². The Hall–Kier alpha value is -4.45. The number of hydrogen-bond acceptors (Lipinski definition) is 2. The Bertz CT molecular complexity index is 1690. The molecular weight excluding hydrogens is 426 g/mol.